The number of halogens is 1. The van der Waals surface area contributed by atoms with E-state index >= 15 is 0 Å². The molecule has 0 atom stereocenters. The lowest BCUT2D eigenvalue weighted by atomic mass is 10.2. The average molecular weight is 347 g/mol. The zero-order valence-corrected chi connectivity index (χ0v) is 13.9. The van der Waals surface area contributed by atoms with Gasteiger partial charge >= 0.3 is 0 Å². The summed E-state index contributed by atoms with van der Waals surface area (Å²) in [7, 11) is 0. The van der Waals surface area contributed by atoms with Gasteiger partial charge in [-0.2, -0.15) is 0 Å². The number of aliphatic imine (C=N–C) groups is 1. The fourth-order valence-corrected chi connectivity index (χ4v) is 3.07. The summed E-state index contributed by atoms with van der Waals surface area (Å²) in [5, 5.41) is 4.45. The molecular weight excluding hydrogens is 332 g/mol. The van der Waals surface area contributed by atoms with Gasteiger partial charge in [0.25, 0.3) is 5.91 Å². The molecule has 1 aliphatic rings. The second-order valence-corrected chi connectivity index (χ2v) is 6.42. The number of ether oxygens (including phenoxy) is 1. The van der Waals surface area contributed by atoms with Gasteiger partial charge in [-0.05, 0) is 48.5 Å². The van der Waals surface area contributed by atoms with Crippen molar-refractivity contribution < 1.29 is 9.53 Å². The molecule has 2 aromatic rings. The zero-order valence-electron chi connectivity index (χ0n) is 12.3. The fraction of sp³-hybridized carbons (Fsp3) is 0.176. The number of nitrogens with zero attached hydrogens (tertiary/aromatic N) is 1. The number of thioether (sulfide) groups is 1. The molecule has 0 saturated heterocycles. The van der Waals surface area contributed by atoms with E-state index in [2.05, 4.69) is 10.3 Å². The lowest BCUT2D eigenvalue weighted by molar-refractivity contribution is -0.118. The van der Waals surface area contributed by atoms with Gasteiger partial charge in [-0.15, -0.1) is 11.8 Å². The molecular formula is C17H15ClN2O2S. The van der Waals surface area contributed by atoms with Crippen LogP contribution in [0.15, 0.2) is 53.5 Å². The molecule has 1 heterocycles. The van der Waals surface area contributed by atoms with Gasteiger partial charge in [-0.25, -0.2) is 0 Å². The first-order valence-electron chi connectivity index (χ1n) is 7.16. The number of amides is 1. The molecule has 0 spiro atoms. The number of hydrogen-bond donors (Lipinski definition) is 1. The van der Waals surface area contributed by atoms with Crippen LogP contribution in [0.2, 0.25) is 5.02 Å². The summed E-state index contributed by atoms with van der Waals surface area (Å²) >= 11 is 7.56. The minimum absolute atomic E-state index is 0.0440. The maximum Gasteiger partial charge on any atom is 0.262 e. The molecule has 23 heavy (non-hydrogen) atoms. The van der Waals surface area contributed by atoms with Crippen molar-refractivity contribution in [1.29, 1.82) is 0 Å². The van der Waals surface area contributed by atoms with E-state index in [4.69, 9.17) is 16.3 Å². The zero-order chi connectivity index (χ0) is 16.1. The predicted molar refractivity (Wildman–Crippen MR) is 95.9 cm³/mol. The van der Waals surface area contributed by atoms with Crippen LogP contribution in [-0.4, -0.2) is 29.9 Å². The number of rotatable bonds is 5. The SMILES string of the molecule is O=C(COc1ccc(C2=NCCS2)cc1)Nc1ccc(Cl)cc1. The lowest BCUT2D eigenvalue weighted by Gasteiger charge is -2.08. The first-order chi connectivity index (χ1) is 11.2. The molecule has 3 rings (SSSR count). The summed E-state index contributed by atoms with van der Waals surface area (Å²) in [6.45, 7) is 0.834. The number of nitrogens with one attached hydrogen (secondary N) is 1. The Morgan fingerprint density at radius 2 is 1.91 bits per heavy atom. The summed E-state index contributed by atoms with van der Waals surface area (Å²) in [5.74, 6) is 1.48. The number of benzene rings is 2. The molecule has 0 fully saturated rings. The van der Waals surface area contributed by atoms with Crippen LogP contribution in [0.1, 0.15) is 5.56 Å². The van der Waals surface area contributed by atoms with E-state index in [0.717, 1.165) is 22.9 Å². The Hall–Kier alpha value is -1.98. The van der Waals surface area contributed by atoms with Gasteiger partial charge in [0, 0.05) is 28.6 Å². The predicted octanol–water partition coefficient (Wildman–Crippen LogP) is 3.85. The number of hydrogen-bond acceptors (Lipinski definition) is 4. The largest absolute Gasteiger partial charge is 0.484 e. The minimum Gasteiger partial charge on any atom is -0.484 e. The molecule has 4 nitrogen and oxygen atoms in total. The van der Waals surface area contributed by atoms with E-state index in [9.17, 15) is 4.79 Å². The molecule has 0 unspecified atom stereocenters. The van der Waals surface area contributed by atoms with Crippen LogP contribution in [0.4, 0.5) is 5.69 Å². The Labute approximate surface area is 143 Å². The van der Waals surface area contributed by atoms with E-state index in [1.807, 2.05) is 24.3 Å². The van der Waals surface area contributed by atoms with Gasteiger partial charge in [0.2, 0.25) is 0 Å². The smallest absolute Gasteiger partial charge is 0.262 e. The minimum atomic E-state index is -0.216. The lowest BCUT2D eigenvalue weighted by Crippen LogP contribution is -2.20. The Balaban J connectivity index is 1.51. The highest BCUT2D eigenvalue weighted by atomic mass is 35.5. The Morgan fingerprint density at radius 1 is 1.17 bits per heavy atom. The topological polar surface area (TPSA) is 50.7 Å². The summed E-state index contributed by atoms with van der Waals surface area (Å²) in [6, 6.07) is 14.6. The Kier molecular flexibility index (Phi) is 5.20. The molecule has 118 valence electrons. The highest BCUT2D eigenvalue weighted by Gasteiger charge is 2.10. The molecule has 1 amide bonds. The first-order valence-corrected chi connectivity index (χ1v) is 8.53. The van der Waals surface area contributed by atoms with Gasteiger partial charge in [-0.3, -0.25) is 9.79 Å². The van der Waals surface area contributed by atoms with Crippen LogP contribution >= 0.6 is 23.4 Å². The molecule has 0 radical (unpaired) electrons. The van der Waals surface area contributed by atoms with Crippen LogP contribution < -0.4 is 10.1 Å². The van der Waals surface area contributed by atoms with Crippen molar-refractivity contribution in [2.24, 2.45) is 4.99 Å². The maximum absolute atomic E-state index is 11.9. The van der Waals surface area contributed by atoms with E-state index in [1.54, 1.807) is 36.0 Å². The maximum atomic E-state index is 11.9. The molecule has 0 saturated carbocycles. The van der Waals surface area contributed by atoms with Crippen molar-refractivity contribution in [3.8, 4) is 5.75 Å². The molecule has 0 aromatic heterocycles. The monoisotopic (exact) mass is 346 g/mol. The summed E-state index contributed by atoms with van der Waals surface area (Å²) in [4.78, 5) is 16.3. The highest BCUT2D eigenvalue weighted by molar-refractivity contribution is 8.14. The molecule has 0 aliphatic carbocycles. The van der Waals surface area contributed by atoms with Gasteiger partial charge in [0.05, 0.1) is 5.04 Å². The normalized spacial score (nSPS) is 13.5. The van der Waals surface area contributed by atoms with Crippen molar-refractivity contribution in [3.05, 3.63) is 59.1 Å². The first kappa shape index (κ1) is 15.9. The average Bonchev–Trinajstić information content (AvgIpc) is 3.10. The Morgan fingerprint density at radius 3 is 2.57 bits per heavy atom. The summed E-state index contributed by atoms with van der Waals surface area (Å²) < 4.78 is 5.50. The number of anilines is 1. The van der Waals surface area contributed by atoms with Gasteiger partial charge in [-0.1, -0.05) is 11.6 Å². The van der Waals surface area contributed by atoms with E-state index in [0.29, 0.717) is 16.5 Å². The van der Waals surface area contributed by atoms with Crippen LogP contribution in [-0.2, 0) is 4.79 Å². The molecule has 6 heteroatoms. The van der Waals surface area contributed by atoms with Crippen molar-refractivity contribution in [1.82, 2.24) is 0 Å². The summed E-state index contributed by atoms with van der Waals surface area (Å²) in [5.41, 5.74) is 1.78. The second kappa shape index (κ2) is 7.53. The molecule has 2 aromatic carbocycles. The standard InChI is InChI=1S/C17H15ClN2O2S/c18-13-3-5-14(6-4-13)20-16(21)11-22-15-7-1-12(2-8-15)17-19-9-10-23-17/h1-8H,9-11H2,(H,20,21). The summed E-state index contributed by atoms with van der Waals surface area (Å²) in [6.07, 6.45) is 0. The quantitative estimate of drug-likeness (QED) is 0.894. The van der Waals surface area contributed by atoms with Crippen LogP contribution in [0.3, 0.4) is 0 Å². The van der Waals surface area contributed by atoms with Gasteiger partial charge in [0.1, 0.15) is 5.75 Å². The Bertz CT molecular complexity index is 714. The van der Waals surface area contributed by atoms with Crippen LogP contribution in [0.5, 0.6) is 5.75 Å². The van der Waals surface area contributed by atoms with Gasteiger partial charge < -0.3 is 10.1 Å². The van der Waals surface area contributed by atoms with Crippen LogP contribution in [0.25, 0.3) is 0 Å². The molecule has 1 aliphatic heterocycles. The van der Waals surface area contributed by atoms with Crippen molar-refractivity contribution in [2.45, 2.75) is 0 Å². The van der Waals surface area contributed by atoms with E-state index in [-0.39, 0.29) is 12.5 Å². The fourth-order valence-electron chi connectivity index (χ4n) is 2.08. The van der Waals surface area contributed by atoms with Crippen LogP contribution in [0, 0.1) is 0 Å². The van der Waals surface area contributed by atoms with Gasteiger partial charge in [0.15, 0.2) is 6.61 Å². The third-order valence-corrected chi connectivity index (χ3v) is 4.46. The third-order valence-electron chi connectivity index (χ3n) is 3.18. The molecule has 0 bridgehead atoms. The number of carbonyl (C=O) groups is 1. The van der Waals surface area contributed by atoms with Crippen molar-refractivity contribution >= 4 is 40.0 Å². The third kappa shape index (κ3) is 4.50. The second-order valence-electron chi connectivity index (χ2n) is 4.90. The van der Waals surface area contributed by atoms with E-state index < -0.39 is 0 Å². The highest BCUT2D eigenvalue weighted by Crippen LogP contribution is 2.21. The van der Waals surface area contributed by atoms with E-state index in [1.165, 1.54) is 0 Å². The van der Waals surface area contributed by atoms with Crippen molar-refractivity contribution in [2.75, 3.05) is 24.2 Å². The molecule has 1 N–H and O–H groups in total. The number of carbonyl (C=O) groups excluding carboxylic acids is 1. The van der Waals surface area contributed by atoms with Crippen molar-refractivity contribution in [3.63, 3.8) is 0 Å².